The number of hydrazine groups is 1. The molecule has 1 aromatic carbocycles. The monoisotopic (exact) mass is 214 g/mol. The van der Waals surface area contributed by atoms with E-state index in [0.717, 1.165) is 16.4 Å². The van der Waals surface area contributed by atoms with Gasteiger partial charge in [0.25, 0.3) is 0 Å². The first kappa shape index (κ1) is 8.23. The smallest absolute Gasteiger partial charge is 0.150 e. The Morgan fingerprint density at radius 1 is 1.55 bits per heavy atom. The van der Waals surface area contributed by atoms with Crippen LogP contribution in [0.5, 0.6) is 0 Å². The van der Waals surface area contributed by atoms with Gasteiger partial charge < -0.3 is 5.43 Å². The van der Waals surface area contributed by atoms with Gasteiger partial charge in [0.1, 0.15) is 6.29 Å². The number of rotatable bonds is 2. The second kappa shape index (κ2) is 3.50. The van der Waals surface area contributed by atoms with Crippen molar-refractivity contribution in [2.75, 3.05) is 5.43 Å². The predicted molar refractivity (Wildman–Crippen MR) is 47.3 cm³/mol. The van der Waals surface area contributed by atoms with Crippen molar-refractivity contribution in [1.29, 1.82) is 0 Å². The number of carbonyl (C=O) groups is 1. The Bertz CT molecular complexity index is 275. The number of nitrogens with one attached hydrogen (secondary N) is 1. The molecule has 58 valence electrons. The Morgan fingerprint density at radius 3 is 2.73 bits per heavy atom. The van der Waals surface area contributed by atoms with Crippen molar-refractivity contribution in [2.24, 2.45) is 5.84 Å². The van der Waals surface area contributed by atoms with Crippen molar-refractivity contribution < 1.29 is 4.79 Å². The molecule has 0 aliphatic carbocycles. The third-order valence-corrected chi connectivity index (χ3v) is 1.94. The van der Waals surface area contributed by atoms with Crippen LogP contribution in [-0.2, 0) is 0 Å². The maximum Gasteiger partial charge on any atom is 0.150 e. The minimum Gasteiger partial charge on any atom is -0.323 e. The molecule has 0 fully saturated rings. The SMILES string of the molecule is NNc1ccc(C=O)cc1Br. The zero-order valence-electron chi connectivity index (χ0n) is 5.67. The fraction of sp³-hybridized carbons (Fsp3) is 0. The number of hydrogen-bond donors (Lipinski definition) is 2. The highest BCUT2D eigenvalue weighted by molar-refractivity contribution is 9.10. The minimum absolute atomic E-state index is 0.621. The summed E-state index contributed by atoms with van der Waals surface area (Å²) >= 11 is 3.25. The molecule has 1 aromatic rings. The Balaban J connectivity index is 3.09. The van der Waals surface area contributed by atoms with Gasteiger partial charge in [0, 0.05) is 10.0 Å². The number of hydrogen-bond acceptors (Lipinski definition) is 3. The van der Waals surface area contributed by atoms with Crippen LogP contribution in [0.2, 0.25) is 0 Å². The zero-order valence-corrected chi connectivity index (χ0v) is 7.26. The van der Waals surface area contributed by atoms with Crippen LogP contribution in [0.15, 0.2) is 22.7 Å². The lowest BCUT2D eigenvalue weighted by atomic mass is 10.2. The summed E-state index contributed by atoms with van der Waals surface area (Å²) in [5.41, 5.74) is 3.86. The van der Waals surface area contributed by atoms with E-state index >= 15 is 0 Å². The quantitative estimate of drug-likeness (QED) is 0.447. The van der Waals surface area contributed by atoms with Crippen LogP contribution in [0.4, 0.5) is 5.69 Å². The molecule has 0 amide bonds. The molecule has 0 heterocycles. The van der Waals surface area contributed by atoms with E-state index in [1.807, 2.05) is 0 Å². The van der Waals surface area contributed by atoms with Gasteiger partial charge in [0.2, 0.25) is 0 Å². The van der Waals surface area contributed by atoms with E-state index in [4.69, 9.17) is 5.84 Å². The first-order chi connectivity index (χ1) is 5.27. The van der Waals surface area contributed by atoms with Gasteiger partial charge >= 0.3 is 0 Å². The van der Waals surface area contributed by atoms with Crippen molar-refractivity contribution in [3.8, 4) is 0 Å². The minimum atomic E-state index is 0.621. The molecule has 0 radical (unpaired) electrons. The second-order valence-corrected chi connectivity index (χ2v) is 2.86. The third-order valence-electron chi connectivity index (χ3n) is 1.28. The Labute approximate surface area is 72.7 Å². The van der Waals surface area contributed by atoms with Gasteiger partial charge in [-0.15, -0.1) is 0 Å². The highest BCUT2D eigenvalue weighted by atomic mass is 79.9. The molecule has 3 N–H and O–H groups in total. The lowest BCUT2D eigenvalue weighted by Crippen LogP contribution is -2.07. The molecular formula is C7H7BrN2O. The molecule has 3 nitrogen and oxygen atoms in total. The van der Waals surface area contributed by atoms with Crippen molar-refractivity contribution >= 4 is 27.9 Å². The van der Waals surface area contributed by atoms with Crippen LogP contribution in [0.3, 0.4) is 0 Å². The van der Waals surface area contributed by atoms with E-state index in [0.29, 0.717) is 5.56 Å². The molecule has 0 unspecified atom stereocenters. The van der Waals surface area contributed by atoms with Crippen molar-refractivity contribution in [1.82, 2.24) is 0 Å². The number of nitrogens with two attached hydrogens (primary N) is 1. The van der Waals surface area contributed by atoms with Crippen molar-refractivity contribution in [2.45, 2.75) is 0 Å². The van der Waals surface area contributed by atoms with Gasteiger partial charge in [-0.2, -0.15) is 0 Å². The number of halogens is 1. The highest BCUT2D eigenvalue weighted by Crippen LogP contribution is 2.21. The normalized spacial score (nSPS) is 9.27. The standard InChI is InChI=1S/C7H7BrN2O/c8-6-3-5(4-11)1-2-7(6)10-9/h1-4,10H,9H2. The van der Waals surface area contributed by atoms with Crippen LogP contribution in [0.1, 0.15) is 10.4 Å². The first-order valence-electron chi connectivity index (χ1n) is 2.99. The number of nitrogen functional groups attached to an aromatic ring is 1. The summed E-state index contributed by atoms with van der Waals surface area (Å²) in [7, 11) is 0. The van der Waals surface area contributed by atoms with E-state index in [1.165, 1.54) is 0 Å². The molecule has 4 heteroatoms. The molecule has 0 atom stereocenters. The molecule has 0 bridgehead atoms. The number of aldehydes is 1. The summed E-state index contributed by atoms with van der Waals surface area (Å²) < 4.78 is 0.782. The van der Waals surface area contributed by atoms with Crippen LogP contribution < -0.4 is 11.3 Å². The molecular weight excluding hydrogens is 208 g/mol. The van der Waals surface area contributed by atoms with Gasteiger partial charge in [0.15, 0.2) is 0 Å². The van der Waals surface area contributed by atoms with Crippen LogP contribution in [-0.4, -0.2) is 6.29 Å². The average molecular weight is 215 g/mol. The van der Waals surface area contributed by atoms with E-state index in [2.05, 4.69) is 21.4 Å². The average Bonchev–Trinajstić information content (AvgIpc) is 2.04. The number of carbonyl (C=O) groups excluding carboxylic acids is 1. The highest BCUT2D eigenvalue weighted by Gasteiger charge is 1.97. The molecule has 0 spiro atoms. The van der Waals surface area contributed by atoms with E-state index < -0.39 is 0 Å². The van der Waals surface area contributed by atoms with E-state index in [9.17, 15) is 4.79 Å². The van der Waals surface area contributed by atoms with Crippen LogP contribution in [0, 0.1) is 0 Å². The number of anilines is 1. The molecule has 1 rings (SSSR count). The predicted octanol–water partition coefficient (Wildman–Crippen LogP) is 1.55. The Kier molecular flexibility index (Phi) is 2.62. The Morgan fingerprint density at radius 2 is 2.27 bits per heavy atom. The maximum absolute atomic E-state index is 10.3. The lowest BCUT2D eigenvalue weighted by molar-refractivity contribution is 0.112. The summed E-state index contributed by atoms with van der Waals surface area (Å²) in [4.78, 5) is 10.3. The van der Waals surface area contributed by atoms with Crippen molar-refractivity contribution in [3.05, 3.63) is 28.2 Å². The van der Waals surface area contributed by atoms with Gasteiger partial charge in [0.05, 0.1) is 5.69 Å². The van der Waals surface area contributed by atoms with Gasteiger partial charge in [-0.3, -0.25) is 10.6 Å². The molecule has 0 saturated heterocycles. The molecule has 11 heavy (non-hydrogen) atoms. The summed E-state index contributed by atoms with van der Waals surface area (Å²) in [6.07, 6.45) is 0.783. The molecule has 0 aromatic heterocycles. The summed E-state index contributed by atoms with van der Waals surface area (Å²) in [5, 5.41) is 0. The fourth-order valence-electron chi connectivity index (χ4n) is 0.722. The first-order valence-corrected chi connectivity index (χ1v) is 3.78. The third kappa shape index (κ3) is 1.78. The van der Waals surface area contributed by atoms with Gasteiger partial charge in [-0.1, -0.05) is 0 Å². The van der Waals surface area contributed by atoms with Crippen LogP contribution in [0.25, 0.3) is 0 Å². The van der Waals surface area contributed by atoms with E-state index in [1.54, 1.807) is 18.2 Å². The largest absolute Gasteiger partial charge is 0.323 e. The van der Waals surface area contributed by atoms with Gasteiger partial charge in [-0.25, -0.2) is 0 Å². The zero-order chi connectivity index (χ0) is 8.27. The molecule has 0 aliphatic rings. The van der Waals surface area contributed by atoms with Gasteiger partial charge in [-0.05, 0) is 34.1 Å². The fourth-order valence-corrected chi connectivity index (χ4v) is 1.23. The molecule has 0 saturated carbocycles. The lowest BCUT2D eigenvalue weighted by Gasteiger charge is -2.02. The van der Waals surface area contributed by atoms with E-state index in [-0.39, 0.29) is 0 Å². The number of benzene rings is 1. The maximum atomic E-state index is 10.3. The summed E-state index contributed by atoms with van der Waals surface area (Å²) in [5.74, 6) is 5.17. The second-order valence-electron chi connectivity index (χ2n) is 2.00. The summed E-state index contributed by atoms with van der Waals surface area (Å²) in [6.45, 7) is 0. The topological polar surface area (TPSA) is 55.1 Å². The van der Waals surface area contributed by atoms with Crippen LogP contribution >= 0.6 is 15.9 Å². The summed E-state index contributed by atoms with van der Waals surface area (Å²) in [6, 6.07) is 5.11. The molecule has 0 aliphatic heterocycles. The Hall–Kier alpha value is -0.870. The van der Waals surface area contributed by atoms with Crippen molar-refractivity contribution in [3.63, 3.8) is 0 Å².